The second-order valence-corrected chi connectivity index (χ2v) is 15.5. The summed E-state index contributed by atoms with van der Waals surface area (Å²) in [5.74, 6) is -5.87. The standard InChI is InChI=1S/C40H58FNO12/c1-11-16-48-29-17-21(3)32(44)23(5)36-40(8,54-39(47)53-36)30(12-2)50-37(46)25(7)34(51-31(43)20-26-14-13-15-27(41)19-26)24(6)35(29)52-38-33(45)28(42(9)10)18-22(4)49-38/h11,13-15,19,21-25,28-30,33-36,38,45H,1,12,16-18,20H2,2-10H3/t21-,22-,23+,24+,25-,28+,29-,30-,33-,34+,35-,36-,38+,40-/m1/s1. The first-order chi connectivity index (χ1) is 25.4. The van der Waals surface area contributed by atoms with Gasteiger partial charge in [0, 0.05) is 17.9 Å². The van der Waals surface area contributed by atoms with Crippen LogP contribution in [-0.4, -0.2) is 115 Å². The molecule has 13 nitrogen and oxygen atoms in total. The number of aliphatic hydroxyl groups excluding tert-OH is 1. The number of ether oxygens (including phenoxy) is 7. The zero-order chi connectivity index (χ0) is 40.1. The zero-order valence-corrected chi connectivity index (χ0v) is 32.9. The predicted molar refractivity (Wildman–Crippen MR) is 193 cm³/mol. The summed E-state index contributed by atoms with van der Waals surface area (Å²) in [7, 11) is 3.69. The first-order valence-corrected chi connectivity index (χ1v) is 18.9. The van der Waals surface area contributed by atoms with E-state index < -0.39 is 96.1 Å². The van der Waals surface area contributed by atoms with E-state index in [2.05, 4.69) is 6.58 Å². The molecule has 0 saturated carbocycles. The largest absolute Gasteiger partial charge is 0.509 e. The van der Waals surface area contributed by atoms with Crippen LogP contribution >= 0.6 is 0 Å². The Morgan fingerprint density at radius 3 is 2.41 bits per heavy atom. The van der Waals surface area contributed by atoms with Gasteiger partial charge in [-0.15, -0.1) is 6.58 Å². The van der Waals surface area contributed by atoms with Crippen LogP contribution < -0.4 is 0 Å². The van der Waals surface area contributed by atoms with Crippen molar-refractivity contribution in [3.05, 3.63) is 48.3 Å². The minimum atomic E-state index is -1.52. The Morgan fingerprint density at radius 1 is 1.07 bits per heavy atom. The van der Waals surface area contributed by atoms with E-state index in [-0.39, 0.29) is 43.8 Å². The summed E-state index contributed by atoms with van der Waals surface area (Å²) in [6.45, 7) is 15.7. The Morgan fingerprint density at radius 2 is 1.78 bits per heavy atom. The van der Waals surface area contributed by atoms with Crippen molar-refractivity contribution in [2.24, 2.45) is 23.7 Å². The fourth-order valence-electron chi connectivity index (χ4n) is 8.09. The molecule has 3 saturated heterocycles. The highest BCUT2D eigenvalue weighted by atomic mass is 19.1. The van der Waals surface area contributed by atoms with Gasteiger partial charge < -0.3 is 43.2 Å². The van der Waals surface area contributed by atoms with Crippen molar-refractivity contribution >= 4 is 23.9 Å². The Kier molecular flexibility index (Phi) is 14.8. The van der Waals surface area contributed by atoms with Crippen LogP contribution in [-0.2, 0) is 54.0 Å². The monoisotopic (exact) mass is 763 g/mol. The second-order valence-electron chi connectivity index (χ2n) is 15.5. The minimum absolute atomic E-state index is 0.0461. The molecular formula is C40H58FNO12. The lowest BCUT2D eigenvalue weighted by atomic mass is 9.77. The number of rotatable bonds is 10. The maximum Gasteiger partial charge on any atom is 0.509 e. The van der Waals surface area contributed by atoms with E-state index in [0.29, 0.717) is 12.0 Å². The van der Waals surface area contributed by atoms with Crippen LogP contribution in [0.1, 0.15) is 73.3 Å². The Labute approximate surface area is 317 Å². The molecule has 14 heteroatoms. The number of nitrogens with zero attached hydrogens (tertiary/aromatic N) is 1. The molecule has 4 rings (SSSR count). The average Bonchev–Trinajstić information content (AvgIpc) is 3.43. The predicted octanol–water partition coefficient (Wildman–Crippen LogP) is 4.80. The van der Waals surface area contributed by atoms with Gasteiger partial charge in [-0.25, -0.2) is 9.18 Å². The van der Waals surface area contributed by atoms with Gasteiger partial charge in [0.05, 0.1) is 43.2 Å². The molecule has 0 aliphatic carbocycles. The number of carbonyl (C=O) groups is 4. The highest BCUT2D eigenvalue weighted by Gasteiger charge is 2.58. The number of ketones is 1. The maximum absolute atomic E-state index is 14.2. The molecule has 54 heavy (non-hydrogen) atoms. The van der Waals surface area contributed by atoms with E-state index in [9.17, 15) is 28.7 Å². The lowest BCUT2D eigenvalue weighted by Crippen LogP contribution is -2.58. The molecule has 0 bridgehead atoms. The summed E-state index contributed by atoms with van der Waals surface area (Å²) in [5.41, 5.74) is -1.16. The molecule has 0 amide bonds. The summed E-state index contributed by atoms with van der Waals surface area (Å²) < 4.78 is 56.7. The van der Waals surface area contributed by atoms with Crippen LogP contribution in [0, 0.1) is 29.5 Å². The number of hydrogen-bond donors (Lipinski definition) is 1. The third-order valence-electron chi connectivity index (χ3n) is 11.1. The second kappa shape index (κ2) is 18.5. The van der Waals surface area contributed by atoms with Gasteiger partial charge in [-0.3, -0.25) is 14.4 Å². The van der Waals surface area contributed by atoms with Crippen molar-refractivity contribution in [1.82, 2.24) is 4.90 Å². The minimum Gasteiger partial charge on any atom is -0.461 e. The third-order valence-corrected chi connectivity index (χ3v) is 11.1. The number of fused-ring (bicyclic) bond motifs is 1. The molecule has 0 spiro atoms. The molecule has 3 aliphatic heterocycles. The molecule has 0 aromatic heterocycles. The summed E-state index contributed by atoms with van der Waals surface area (Å²) >= 11 is 0. The number of benzene rings is 1. The zero-order valence-electron chi connectivity index (χ0n) is 32.9. The van der Waals surface area contributed by atoms with Crippen LogP contribution in [0.3, 0.4) is 0 Å². The van der Waals surface area contributed by atoms with Crippen LogP contribution in [0.2, 0.25) is 0 Å². The van der Waals surface area contributed by atoms with Gasteiger partial charge in [-0.1, -0.05) is 45.9 Å². The molecule has 302 valence electrons. The van der Waals surface area contributed by atoms with Gasteiger partial charge in [0.15, 0.2) is 18.0 Å². The normalized spacial score (nSPS) is 38.1. The van der Waals surface area contributed by atoms with Crippen molar-refractivity contribution in [2.75, 3.05) is 20.7 Å². The quantitative estimate of drug-likeness (QED) is 0.197. The molecule has 1 N–H and O–H groups in total. The first kappa shape index (κ1) is 43.3. The van der Waals surface area contributed by atoms with Gasteiger partial charge in [0.25, 0.3) is 0 Å². The number of aliphatic hydroxyl groups is 1. The van der Waals surface area contributed by atoms with E-state index in [1.165, 1.54) is 18.2 Å². The van der Waals surface area contributed by atoms with E-state index in [1.807, 2.05) is 25.9 Å². The van der Waals surface area contributed by atoms with Gasteiger partial charge in [-0.05, 0) is 71.8 Å². The smallest absolute Gasteiger partial charge is 0.461 e. The molecule has 1 aromatic carbocycles. The number of hydrogen-bond acceptors (Lipinski definition) is 13. The van der Waals surface area contributed by atoms with Crippen LogP contribution in [0.5, 0.6) is 0 Å². The van der Waals surface area contributed by atoms with E-state index >= 15 is 0 Å². The van der Waals surface area contributed by atoms with Gasteiger partial charge in [0.2, 0.25) is 0 Å². The fraction of sp³-hybridized carbons (Fsp3) is 0.700. The SMILES string of the molecule is C=CCO[C@@H]1C[C@@H](C)C(=O)[C@H](C)[C@H]2OC(=O)O[C@]2(C)[C@@H](CC)OC(=O)[C@H](C)[C@@H](OC(=O)Cc2cccc(F)c2)[C@H](C)[C@H]1O[C@@H]1O[C@H](C)C[C@H](N(C)C)[C@H]1O. The number of halogens is 1. The maximum atomic E-state index is 14.2. The lowest BCUT2D eigenvalue weighted by molar-refractivity contribution is -0.290. The van der Waals surface area contributed by atoms with Crippen molar-refractivity contribution in [1.29, 1.82) is 0 Å². The van der Waals surface area contributed by atoms with Crippen molar-refractivity contribution < 1.29 is 61.8 Å². The fourth-order valence-corrected chi connectivity index (χ4v) is 8.09. The average molecular weight is 764 g/mol. The molecule has 3 heterocycles. The van der Waals surface area contributed by atoms with Crippen molar-refractivity contribution in [2.45, 2.75) is 135 Å². The van der Waals surface area contributed by atoms with Gasteiger partial charge in [-0.2, -0.15) is 0 Å². The molecule has 0 unspecified atom stereocenters. The Balaban J connectivity index is 1.84. The van der Waals surface area contributed by atoms with Crippen LogP contribution in [0.4, 0.5) is 9.18 Å². The van der Waals surface area contributed by atoms with E-state index in [1.54, 1.807) is 53.7 Å². The number of esters is 2. The Bertz CT molecular complexity index is 1490. The highest BCUT2D eigenvalue weighted by Crippen LogP contribution is 2.41. The molecule has 0 radical (unpaired) electrons. The van der Waals surface area contributed by atoms with E-state index in [0.717, 1.165) is 0 Å². The highest BCUT2D eigenvalue weighted by molar-refractivity contribution is 5.84. The van der Waals surface area contributed by atoms with Gasteiger partial charge in [0.1, 0.15) is 29.9 Å². The summed E-state index contributed by atoms with van der Waals surface area (Å²) in [5, 5.41) is 11.5. The topological polar surface area (TPSA) is 156 Å². The van der Waals surface area contributed by atoms with E-state index in [4.69, 9.17) is 33.2 Å². The molecule has 3 fully saturated rings. The summed E-state index contributed by atoms with van der Waals surface area (Å²) in [6, 6.07) is 5.22. The van der Waals surface area contributed by atoms with Crippen molar-refractivity contribution in [3.8, 4) is 0 Å². The molecular weight excluding hydrogens is 705 g/mol. The Hall–Kier alpha value is -3.43. The number of likely N-dealkylation sites (N-methyl/N-ethyl adjacent to an activating group) is 1. The molecule has 14 atom stereocenters. The summed E-state index contributed by atoms with van der Waals surface area (Å²) in [4.78, 5) is 56.6. The van der Waals surface area contributed by atoms with Crippen LogP contribution in [0.15, 0.2) is 36.9 Å². The number of carbonyl (C=O) groups excluding carboxylic acids is 4. The number of cyclic esters (lactones) is 1. The molecule has 1 aromatic rings. The first-order valence-electron chi connectivity index (χ1n) is 18.9. The number of Topliss-reactive ketones (excluding diaryl/α,β-unsaturated/α-hetero) is 1. The van der Waals surface area contributed by atoms with Gasteiger partial charge >= 0.3 is 18.1 Å². The van der Waals surface area contributed by atoms with Crippen molar-refractivity contribution in [3.63, 3.8) is 0 Å². The van der Waals surface area contributed by atoms with Crippen LogP contribution in [0.25, 0.3) is 0 Å². The summed E-state index contributed by atoms with van der Waals surface area (Å²) in [6.07, 6.45) is -6.83. The third kappa shape index (κ3) is 9.86. The lowest BCUT2D eigenvalue weighted by Gasteiger charge is -2.45. The molecule has 3 aliphatic rings.